The van der Waals surface area contributed by atoms with Crippen LogP contribution in [0.3, 0.4) is 0 Å². The third kappa shape index (κ3) is 4.23. The Labute approximate surface area is 139 Å². The van der Waals surface area contributed by atoms with Gasteiger partial charge >= 0.3 is 7.60 Å². The van der Waals surface area contributed by atoms with Crippen molar-refractivity contribution in [3.8, 4) is 0 Å². The highest BCUT2D eigenvalue weighted by molar-refractivity contribution is 7.55. The highest BCUT2D eigenvalue weighted by Crippen LogP contribution is 2.62. The van der Waals surface area contributed by atoms with Gasteiger partial charge in [0.2, 0.25) is 0 Å². The van der Waals surface area contributed by atoms with Gasteiger partial charge in [0, 0.05) is 32.1 Å². The van der Waals surface area contributed by atoms with E-state index in [1.165, 1.54) is 0 Å². The van der Waals surface area contributed by atoms with Crippen LogP contribution in [0.15, 0.2) is 30.3 Å². The SMILES string of the molecule is CCOP(=O)(OCC)C1(NC(C)c2ccccc2)CCOCC1. The highest BCUT2D eigenvalue weighted by Gasteiger charge is 2.52. The van der Waals surface area contributed by atoms with Crippen molar-refractivity contribution < 1.29 is 18.3 Å². The van der Waals surface area contributed by atoms with Crippen molar-refractivity contribution in [3.63, 3.8) is 0 Å². The summed E-state index contributed by atoms with van der Waals surface area (Å²) < 4.78 is 30.3. The molecule has 1 atom stereocenters. The van der Waals surface area contributed by atoms with Crippen LogP contribution in [0.5, 0.6) is 0 Å². The van der Waals surface area contributed by atoms with E-state index in [0.717, 1.165) is 5.56 Å². The first-order chi connectivity index (χ1) is 11.1. The summed E-state index contributed by atoms with van der Waals surface area (Å²) in [5.41, 5.74) is 1.15. The van der Waals surface area contributed by atoms with E-state index in [1.807, 2.05) is 32.0 Å². The average molecular weight is 341 g/mol. The topological polar surface area (TPSA) is 56.8 Å². The second kappa shape index (κ2) is 8.41. The van der Waals surface area contributed by atoms with Crippen molar-refractivity contribution in [2.75, 3.05) is 26.4 Å². The number of hydrogen-bond acceptors (Lipinski definition) is 5. The van der Waals surface area contributed by atoms with Crippen molar-refractivity contribution in [1.82, 2.24) is 5.32 Å². The Morgan fingerprint density at radius 3 is 2.26 bits per heavy atom. The quantitative estimate of drug-likeness (QED) is 0.721. The minimum atomic E-state index is -3.29. The summed E-state index contributed by atoms with van der Waals surface area (Å²) in [7, 11) is -3.29. The molecule has 1 aliphatic rings. The molecule has 0 radical (unpaired) electrons. The molecule has 0 amide bonds. The molecular weight excluding hydrogens is 313 g/mol. The van der Waals surface area contributed by atoms with Crippen LogP contribution in [0.1, 0.15) is 45.2 Å². The van der Waals surface area contributed by atoms with Crippen LogP contribution in [0, 0.1) is 0 Å². The summed E-state index contributed by atoms with van der Waals surface area (Å²) in [6, 6.07) is 10.2. The molecule has 1 fully saturated rings. The minimum Gasteiger partial charge on any atom is -0.381 e. The zero-order valence-electron chi connectivity index (χ0n) is 14.3. The molecule has 1 N–H and O–H groups in total. The summed E-state index contributed by atoms with van der Waals surface area (Å²) in [6.07, 6.45) is 1.23. The van der Waals surface area contributed by atoms with E-state index in [2.05, 4.69) is 24.4 Å². The Hall–Kier alpha value is -0.710. The van der Waals surface area contributed by atoms with Gasteiger partial charge in [-0.25, -0.2) is 0 Å². The first kappa shape index (κ1) is 18.6. The number of ether oxygens (including phenoxy) is 1. The first-order valence-corrected chi connectivity index (χ1v) is 9.91. The van der Waals surface area contributed by atoms with Crippen LogP contribution < -0.4 is 5.32 Å². The first-order valence-electron chi connectivity index (χ1n) is 8.36. The Balaban J connectivity index is 2.29. The lowest BCUT2D eigenvalue weighted by atomic mass is 10.0. The van der Waals surface area contributed by atoms with Crippen LogP contribution >= 0.6 is 7.60 Å². The van der Waals surface area contributed by atoms with Crippen molar-refractivity contribution in [1.29, 1.82) is 0 Å². The molecule has 1 aliphatic heterocycles. The normalized spacial score (nSPS) is 19.4. The van der Waals surface area contributed by atoms with Gasteiger partial charge in [-0.05, 0) is 26.3 Å². The van der Waals surface area contributed by atoms with Crippen molar-refractivity contribution >= 4 is 7.60 Å². The molecule has 1 saturated heterocycles. The van der Waals surface area contributed by atoms with Gasteiger partial charge in [-0.15, -0.1) is 0 Å². The number of nitrogens with one attached hydrogen (secondary N) is 1. The summed E-state index contributed by atoms with van der Waals surface area (Å²) in [5, 5.41) is 2.86. The van der Waals surface area contributed by atoms with Gasteiger partial charge < -0.3 is 13.8 Å². The number of rotatable bonds is 8. The summed E-state index contributed by atoms with van der Waals surface area (Å²) in [6.45, 7) is 7.60. The van der Waals surface area contributed by atoms with Crippen LogP contribution in [0.4, 0.5) is 0 Å². The molecule has 1 heterocycles. The fourth-order valence-electron chi connectivity index (χ4n) is 3.06. The fraction of sp³-hybridized carbons (Fsp3) is 0.647. The molecule has 0 aromatic heterocycles. The molecule has 0 spiro atoms. The zero-order valence-corrected chi connectivity index (χ0v) is 15.2. The molecule has 130 valence electrons. The van der Waals surface area contributed by atoms with E-state index in [9.17, 15) is 4.57 Å². The number of benzene rings is 1. The zero-order chi connectivity index (χ0) is 16.8. The van der Waals surface area contributed by atoms with Gasteiger partial charge in [-0.3, -0.25) is 9.88 Å². The van der Waals surface area contributed by atoms with E-state index < -0.39 is 12.9 Å². The molecule has 1 aromatic carbocycles. The molecule has 0 saturated carbocycles. The van der Waals surface area contributed by atoms with Gasteiger partial charge in [0.1, 0.15) is 5.28 Å². The Morgan fingerprint density at radius 1 is 1.17 bits per heavy atom. The molecule has 1 aromatic rings. The maximum atomic E-state index is 13.5. The van der Waals surface area contributed by atoms with Gasteiger partial charge in [0.05, 0.1) is 13.2 Å². The van der Waals surface area contributed by atoms with E-state index in [1.54, 1.807) is 0 Å². The average Bonchev–Trinajstić information content (AvgIpc) is 2.57. The fourth-order valence-corrected chi connectivity index (χ4v) is 5.39. The van der Waals surface area contributed by atoms with E-state index in [0.29, 0.717) is 39.3 Å². The third-order valence-electron chi connectivity index (χ3n) is 4.23. The van der Waals surface area contributed by atoms with Crippen molar-refractivity contribution in [3.05, 3.63) is 35.9 Å². The van der Waals surface area contributed by atoms with Crippen LogP contribution in [-0.2, 0) is 18.3 Å². The maximum Gasteiger partial charge on any atom is 0.350 e. The third-order valence-corrected chi connectivity index (χ3v) is 7.05. The highest BCUT2D eigenvalue weighted by atomic mass is 31.2. The molecule has 5 nitrogen and oxygen atoms in total. The molecule has 1 unspecified atom stereocenters. The van der Waals surface area contributed by atoms with E-state index in [-0.39, 0.29) is 6.04 Å². The predicted octanol–water partition coefficient (Wildman–Crippen LogP) is 4.11. The van der Waals surface area contributed by atoms with Gasteiger partial charge in [0.25, 0.3) is 0 Å². The second-order valence-electron chi connectivity index (χ2n) is 5.75. The lowest BCUT2D eigenvalue weighted by Crippen LogP contribution is -2.50. The predicted molar refractivity (Wildman–Crippen MR) is 91.6 cm³/mol. The Morgan fingerprint density at radius 2 is 1.74 bits per heavy atom. The summed E-state index contributed by atoms with van der Waals surface area (Å²) in [4.78, 5) is 0. The Bertz CT molecular complexity index is 507. The molecule has 0 aliphatic carbocycles. The molecular formula is C17H28NO4P. The smallest absolute Gasteiger partial charge is 0.350 e. The molecule has 6 heteroatoms. The van der Waals surface area contributed by atoms with Crippen LogP contribution in [-0.4, -0.2) is 31.7 Å². The lowest BCUT2D eigenvalue weighted by molar-refractivity contribution is 0.0462. The van der Waals surface area contributed by atoms with Crippen LogP contribution in [0.2, 0.25) is 0 Å². The second-order valence-corrected chi connectivity index (χ2v) is 8.12. The van der Waals surface area contributed by atoms with Crippen LogP contribution in [0.25, 0.3) is 0 Å². The largest absolute Gasteiger partial charge is 0.381 e. The summed E-state index contributed by atoms with van der Waals surface area (Å²) in [5.74, 6) is 0. The van der Waals surface area contributed by atoms with Crippen molar-refractivity contribution in [2.24, 2.45) is 0 Å². The Kier molecular flexibility index (Phi) is 6.81. The lowest BCUT2D eigenvalue weighted by Gasteiger charge is -2.43. The minimum absolute atomic E-state index is 0.0449. The van der Waals surface area contributed by atoms with Crippen molar-refractivity contribution in [2.45, 2.75) is 44.9 Å². The monoisotopic (exact) mass is 341 g/mol. The summed E-state index contributed by atoms with van der Waals surface area (Å²) >= 11 is 0. The molecule has 0 bridgehead atoms. The van der Waals surface area contributed by atoms with Gasteiger partial charge in [-0.1, -0.05) is 30.3 Å². The van der Waals surface area contributed by atoms with E-state index in [4.69, 9.17) is 13.8 Å². The van der Waals surface area contributed by atoms with E-state index >= 15 is 0 Å². The maximum absolute atomic E-state index is 13.5. The van der Waals surface area contributed by atoms with Gasteiger partial charge in [0.15, 0.2) is 0 Å². The number of hydrogen-bond donors (Lipinski definition) is 1. The molecule has 23 heavy (non-hydrogen) atoms. The van der Waals surface area contributed by atoms with Gasteiger partial charge in [-0.2, -0.15) is 0 Å². The molecule has 2 rings (SSSR count). The standard InChI is InChI=1S/C17H28NO4P/c1-4-21-23(19,22-5-2)17(11-13-20-14-12-17)18-15(3)16-9-7-6-8-10-16/h6-10,15,18H,4-5,11-14H2,1-3H3.